The van der Waals surface area contributed by atoms with Gasteiger partial charge in [-0.1, -0.05) is 32.8 Å². The molecule has 0 aromatic rings. The average Bonchev–Trinajstić information content (AvgIpc) is 2.47. The third-order valence-electron chi connectivity index (χ3n) is 3.25. The van der Waals surface area contributed by atoms with Crippen molar-refractivity contribution in [1.82, 2.24) is 0 Å². The van der Waals surface area contributed by atoms with Gasteiger partial charge in [0.05, 0.1) is 6.61 Å². The highest BCUT2D eigenvalue weighted by Crippen LogP contribution is 2.35. The van der Waals surface area contributed by atoms with E-state index < -0.39 is 5.54 Å². The molecule has 0 amide bonds. The molecular weight excluding hydrogens is 194 g/mol. The molecule has 0 aromatic heterocycles. The van der Waals surface area contributed by atoms with E-state index in [2.05, 4.69) is 13.5 Å². The summed E-state index contributed by atoms with van der Waals surface area (Å²) in [5.41, 5.74) is -0.484. The predicted molar refractivity (Wildman–Crippen MR) is 58.4 cm³/mol. The SMILES string of the molecule is C=C1CO[C@@H](CCCCC)[C@]1(C)[N+](=O)[O-]. The standard InChI is InChI=1S/C11H19NO3/c1-4-5-6-7-10-11(3,12(13)14)9(2)8-15-10/h10H,2,4-8H2,1,3H3/t10-,11+/m0/s1. The second-order valence-electron chi connectivity index (χ2n) is 4.30. The zero-order valence-corrected chi connectivity index (χ0v) is 9.49. The molecule has 86 valence electrons. The Morgan fingerprint density at radius 1 is 1.67 bits per heavy atom. The number of nitro groups is 1. The van der Waals surface area contributed by atoms with E-state index in [4.69, 9.17) is 4.74 Å². The highest BCUT2D eigenvalue weighted by Gasteiger charge is 2.53. The van der Waals surface area contributed by atoms with Crippen molar-refractivity contribution in [3.8, 4) is 0 Å². The van der Waals surface area contributed by atoms with E-state index in [0.717, 1.165) is 25.7 Å². The van der Waals surface area contributed by atoms with Crippen LogP contribution in [-0.2, 0) is 4.74 Å². The molecule has 0 unspecified atom stereocenters. The summed E-state index contributed by atoms with van der Waals surface area (Å²) in [6, 6.07) is 0. The first-order valence-corrected chi connectivity index (χ1v) is 5.47. The molecular formula is C11H19NO3. The van der Waals surface area contributed by atoms with Crippen molar-refractivity contribution in [2.75, 3.05) is 6.61 Å². The summed E-state index contributed by atoms with van der Waals surface area (Å²) in [6.45, 7) is 7.80. The Morgan fingerprint density at radius 3 is 2.87 bits per heavy atom. The number of unbranched alkanes of at least 4 members (excludes halogenated alkanes) is 2. The average molecular weight is 213 g/mol. The number of hydrogen-bond acceptors (Lipinski definition) is 3. The van der Waals surface area contributed by atoms with Gasteiger partial charge in [0.15, 0.2) is 0 Å². The van der Waals surface area contributed by atoms with Crippen molar-refractivity contribution in [2.45, 2.75) is 51.2 Å². The largest absolute Gasteiger partial charge is 0.366 e. The van der Waals surface area contributed by atoms with Gasteiger partial charge in [-0.25, -0.2) is 0 Å². The van der Waals surface area contributed by atoms with Gasteiger partial charge in [0, 0.05) is 17.4 Å². The normalized spacial score (nSPS) is 30.8. The Labute approximate surface area is 90.5 Å². The third-order valence-corrected chi connectivity index (χ3v) is 3.25. The fourth-order valence-corrected chi connectivity index (χ4v) is 1.93. The van der Waals surface area contributed by atoms with E-state index in [-0.39, 0.29) is 11.0 Å². The maximum Gasteiger partial charge on any atom is 0.268 e. The molecule has 4 heteroatoms. The summed E-state index contributed by atoms with van der Waals surface area (Å²) in [5.74, 6) is 0. The van der Waals surface area contributed by atoms with Crippen LogP contribution in [0.2, 0.25) is 0 Å². The molecule has 0 spiro atoms. The molecule has 1 rings (SSSR count). The summed E-state index contributed by atoms with van der Waals surface area (Å²) < 4.78 is 5.45. The lowest BCUT2D eigenvalue weighted by atomic mass is 9.88. The molecule has 0 aliphatic carbocycles. The van der Waals surface area contributed by atoms with Crippen molar-refractivity contribution in [1.29, 1.82) is 0 Å². The van der Waals surface area contributed by atoms with E-state index in [9.17, 15) is 10.1 Å². The zero-order chi connectivity index (χ0) is 11.5. The van der Waals surface area contributed by atoms with Crippen molar-refractivity contribution in [2.24, 2.45) is 0 Å². The van der Waals surface area contributed by atoms with Gasteiger partial charge >= 0.3 is 0 Å². The van der Waals surface area contributed by atoms with Gasteiger partial charge in [0.1, 0.15) is 6.10 Å². The fourth-order valence-electron chi connectivity index (χ4n) is 1.93. The number of ether oxygens (including phenoxy) is 1. The minimum absolute atomic E-state index is 0.251. The number of hydrogen-bond donors (Lipinski definition) is 0. The summed E-state index contributed by atoms with van der Waals surface area (Å²) in [6.07, 6.45) is 3.65. The first-order chi connectivity index (χ1) is 7.03. The maximum atomic E-state index is 11.0. The molecule has 1 fully saturated rings. The Balaban J connectivity index is 2.64. The number of nitrogens with zero attached hydrogens (tertiary/aromatic N) is 1. The second-order valence-corrected chi connectivity index (χ2v) is 4.30. The molecule has 0 radical (unpaired) electrons. The lowest BCUT2D eigenvalue weighted by molar-refractivity contribution is -0.560. The van der Waals surface area contributed by atoms with Gasteiger partial charge in [-0.2, -0.15) is 0 Å². The molecule has 0 aromatic carbocycles. The third kappa shape index (κ3) is 2.20. The first-order valence-electron chi connectivity index (χ1n) is 5.47. The van der Waals surface area contributed by atoms with Crippen LogP contribution in [0.5, 0.6) is 0 Å². The molecule has 0 N–H and O–H groups in total. The lowest BCUT2D eigenvalue weighted by Crippen LogP contribution is -2.44. The molecule has 0 saturated carbocycles. The first kappa shape index (κ1) is 12.2. The summed E-state index contributed by atoms with van der Waals surface area (Å²) in [4.78, 5) is 10.8. The van der Waals surface area contributed by atoms with E-state index in [0.29, 0.717) is 12.2 Å². The van der Waals surface area contributed by atoms with E-state index in [1.54, 1.807) is 6.92 Å². The molecule has 0 bridgehead atoms. The smallest absolute Gasteiger partial charge is 0.268 e. The van der Waals surface area contributed by atoms with Crippen LogP contribution in [0.15, 0.2) is 12.2 Å². The highest BCUT2D eigenvalue weighted by molar-refractivity contribution is 5.19. The van der Waals surface area contributed by atoms with Crippen LogP contribution in [0.4, 0.5) is 0 Å². The topological polar surface area (TPSA) is 52.4 Å². The highest BCUT2D eigenvalue weighted by atomic mass is 16.6. The van der Waals surface area contributed by atoms with Crippen LogP contribution in [0, 0.1) is 10.1 Å². The quantitative estimate of drug-likeness (QED) is 0.305. The molecule has 1 saturated heterocycles. The van der Waals surface area contributed by atoms with Crippen molar-refractivity contribution >= 4 is 0 Å². The minimum Gasteiger partial charge on any atom is -0.366 e. The zero-order valence-electron chi connectivity index (χ0n) is 9.49. The molecule has 1 heterocycles. The van der Waals surface area contributed by atoms with Crippen LogP contribution < -0.4 is 0 Å². The summed E-state index contributed by atoms with van der Waals surface area (Å²) >= 11 is 0. The Morgan fingerprint density at radius 2 is 2.33 bits per heavy atom. The predicted octanol–water partition coefficient (Wildman–Crippen LogP) is 2.56. The molecule has 15 heavy (non-hydrogen) atoms. The van der Waals surface area contributed by atoms with Crippen molar-refractivity contribution in [3.63, 3.8) is 0 Å². The van der Waals surface area contributed by atoms with Crippen molar-refractivity contribution < 1.29 is 9.66 Å². The van der Waals surface area contributed by atoms with Gasteiger partial charge < -0.3 is 4.74 Å². The maximum absolute atomic E-state index is 11.0. The van der Waals surface area contributed by atoms with Gasteiger partial charge in [-0.3, -0.25) is 10.1 Å². The van der Waals surface area contributed by atoms with Gasteiger partial charge in [-0.05, 0) is 6.42 Å². The Hall–Kier alpha value is -0.900. The van der Waals surface area contributed by atoms with Crippen LogP contribution in [0.3, 0.4) is 0 Å². The minimum atomic E-state index is -1.08. The molecule has 2 atom stereocenters. The van der Waals surface area contributed by atoms with Gasteiger partial charge in [0.2, 0.25) is 0 Å². The fraction of sp³-hybridized carbons (Fsp3) is 0.818. The van der Waals surface area contributed by atoms with Crippen LogP contribution in [0.1, 0.15) is 39.5 Å². The van der Waals surface area contributed by atoms with Gasteiger partial charge in [0.25, 0.3) is 5.54 Å². The molecule has 1 aliphatic rings. The Bertz CT molecular complexity index is 265. The number of rotatable bonds is 5. The molecule has 1 aliphatic heterocycles. The van der Waals surface area contributed by atoms with E-state index >= 15 is 0 Å². The summed E-state index contributed by atoms with van der Waals surface area (Å²) in [5, 5.41) is 11.0. The van der Waals surface area contributed by atoms with Crippen LogP contribution >= 0.6 is 0 Å². The Kier molecular flexibility index (Phi) is 3.85. The summed E-state index contributed by atoms with van der Waals surface area (Å²) in [7, 11) is 0. The monoisotopic (exact) mass is 213 g/mol. The molecule has 4 nitrogen and oxygen atoms in total. The van der Waals surface area contributed by atoms with E-state index in [1.165, 1.54) is 0 Å². The van der Waals surface area contributed by atoms with Crippen LogP contribution in [0.25, 0.3) is 0 Å². The van der Waals surface area contributed by atoms with Gasteiger partial charge in [-0.15, -0.1) is 0 Å². The van der Waals surface area contributed by atoms with Crippen LogP contribution in [-0.4, -0.2) is 23.2 Å². The van der Waals surface area contributed by atoms with E-state index in [1.807, 2.05) is 0 Å². The van der Waals surface area contributed by atoms with Crippen molar-refractivity contribution in [3.05, 3.63) is 22.3 Å². The lowest BCUT2D eigenvalue weighted by Gasteiger charge is -2.22. The second kappa shape index (κ2) is 4.75.